The van der Waals surface area contributed by atoms with Gasteiger partial charge in [-0.15, -0.1) is 0 Å². The molecule has 0 aliphatic carbocycles. The highest BCUT2D eigenvalue weighted by Gasteiger charge is 1.95. The number of hydrogen-bond donors (Lipinski definition) is 1. The number of rotatable bonds is 2. The van der Waals surface area contributed by atoms with Crippen LogP contribution in [0.3, 0.4) is 0 Å². The molecule has 0 saturated carbocycles. The Bertz CT molecular complexity index is 474. The van der Waals surface area contributed by atoms with Crippen LogP contribution in [0.5, 0.6) is 0 Å². The lowest BCUT2D eigenvalue weighted by molar-refractivity contribution is -0.134. The third-order valence-electron chi connectivity index (χ3n) is 2.22. The average Bonchev–Trinajstić information content (AvgIpc) is 2.39. The van der Waals surface area contributed by atoms with Crippen LogP contribution >= 0.6 is 15.9 Å². The van der Waals surface area contributed by atoms with E-state index in [0.717, 1.165) is 12.3 Å². The fourth-order valence-corrected chi connectivity index (χ4v) is 1.79. The summed E-state index contributed by atoms with van der Waals surface area (Å²) in [4.78, 5) is 9.00. The molecule has 0 saturated heterocycles. The number of carboxylic acid groups (broad SMARTS) is 1. The van der Waals surface area contributed by atoms with Gasteiger partial charge in [0.15, 0.2) is 0 Å². The van der Waals surface area contributed by atoms with Gasteiger partial charge in [-0.1, -0.05) is 70.5 Å². The Balaban J connectivity index is 0.000000357. The van der Waals surface area contributed by atoms with Crippen LogP contribution in [-0.4, -0.2) is 11.1 Å². The van der Waals surface area contributed by atoms with Gasteiger partial charge >= 0.3 is 0 Å². The summed E-state index contributed by atoms with van der Waals surface area (Å²) in [5, 5.41) is 8.34. The van der Waals surface area contributed by atoms with Crippen molar-refractivity contribution in [3.8, 4) is 11.1 Å². The van der Waals surface area contributed by atoms with Gasteiger partial charge < -0.3 is 5.11 Å². The lowest BCUT2D eigenvalue weighted by atomic mass is 10.0. The highest BCUT2D eigenvalue weighted by molar-refractivity contribution is 9.08. The quantitative estimate of drug-likeness (QED) is 0.838. The summed E-state index contributed by atoms with van der Waals surface area (Å²) in [6.07, 6.45) is 0. The van der Waals surface area contributed by atoms with Crippen LogP contribution in [0.1, 0.15) is 12.5 Å². The lowest BCUT2D eigenvalue weighted by Gasteiger charge is -2.01. The van der Waals surface area contributed by atoms with Crippen molar-refractivity contribution in [1.82, 2.24) is 0 Å². The molecule has 0 fully saturated rings. The van der Waals surface area contributed by atoms with E-state index >= 15 is 0 Å². The van der Waals surface area contributed by atoms with Crippen LogP contribution in [-0.2, 0) is 10.1 Å². The maximum absolute atomic E-state index is 9.00. The van der Waals surface area contributed by atoms with Crippen LogP contribution in [0, 0.1) is 0 Å². The Labute approximate surface area is 115 Å². The average molecular weight is 307 g/mol. The molecule has 0 bridgehead atoms. The van der Waals surface area contributed by atoms with E-state index in [1.807, 2.05) is 6.07 Å². The van der Waals surface area contributed by atoms with E-state index in [1.54, 1.807) is 0 Å². The summed E-state index contributed by atoms with van der Waals surface area (Å²) in [6, 6.07) is 19.0. The predicted octanol–water partition coefficient (Wildman–Crippen LogP) is 4.34. The first kappa shape index (κ1) is 14.5. The second-order valence-corrected chi connectivity index (χ2v) is 4.28. The van der Waals surface area contributed by atoms with E-state index in [-0.39, 0.29) is 0 Å². The van der Waals surface area contributed by atoms with E-state index in [9.17, 15) is 0 Å². The molecule has 0 heterocycles. The van der Waals surface area contributed by atoms with E-state index in [4.69, 9.17) is 9.90 Å². The van der Waals surface area contributed by atoms with Gasteiger partial charge in [0, 0.05) is 12.3 Å². The predicted molar refractivity (Wildman–Crippen MR) is 77.8 cm³/mol. The van der Waals surface area contributed by atoms with Gasteiger partial charge in [-0.3, -0.25) is 4.79 Å². The van der Waals surface area contributed by atoms with Crippen LogP contribution in [0.15, 0.2) is 54.6 Å². The zero-order valence-corrected chi connectivity index (χ0v) is 11.7. The smallest absolute Gasteiger partial charge is 0.300 e. The Kier molecular flexibility index (Phi) is 6.15. The van der Waals surface area contributed by atoms with E-state index in [0.29, 0.717) is 0 Å². The van der Waals surface area contributed by atoms with Crippen molar-refractivity contribution in [2.24, 2.45) is 0 Å². The zero-order valence-electron chi connectivity index (χ0n) is 10.1. The van der Waals surface area contributed by atoms with Crippen LogP contribution in [0.2, 0.25) is 0 Å². The number of hydrogen-bond acceptors (Lipinski definition) is 1. The Morgan fingerprint density at radius 1 is 1.00 bits per heavy atom. The van der Waals surface area contributed by atoms with Crippen molar-refractivity contribution in [2.45, 2.75) is 12.3 Å². The van der Waals surface area contributed by atoms with E-state index in [2.05, 4.69) is 64.5 Å². The first-order chi connectivity index (χ1) is 8.63. The van der Waals surface area contributed by atoms with Gasteiger partial charge in [0.2, 0.25) is 0 Å². The number of halogens is 1. The molecular formula is C15H15BrO2. The Morgan fingerprint density at radius 2 is 1.44 bits per heavy atom. The molecule has 2 rings (SSSR count). The Hall–Kier alpha value is -1.61. The molecule has 0 radical (unpaired) electrons. The molecule has 2 aromatic rings. The third kappa shape index (κ3) is 5.15. The lowest BCUT2D eigenvalue weighted by Crippen LogP contribution is -1.79. The molecule has 1 N–H and O–H groups in total. The first-order valence-corrected chi connectivity index (χ1v) is 6.65. The fourth-order valence-electron chi connectivity index (χ4n) is 1.42. The van der Waals surface area contributed by atoms with E-state index in [1.165, 1.54) is 16.7 Å². The summed E-state index contributed by atoms with van der Waals surface area (Å²) in [7, 11) is 0. The van der Waals surface area contributed by atoms with Crippen LogP contribution in [0.25, 0.3) is 11.1 Å². The van der Waals surface area contributed by atoms with Gasteiger partial charge in [0.25, 0.3) is 5.97 Å². The van der Waals surface area contributed by atoms with Crippen molar-refractivity contribution in [2.75, 3.05) is 0 Å². The molecule has 18 heavy (non-hydrogen) atoms. The molecule has 2 aromatic carbocycles. The van der Waals surface area contributed by atoms with Gasteiger partial charge in [0.1, 0.15) is 0 Å². The molecular weight excluding hydrogens is 292 g/mol. The fraction of sp³-hybridized carbons (Fsp3) is 0.133. The molecule has 94 valence electrons. The SMILES string of the molecule is BrCc1ccc(-c2ccccc2)cc1.CC(=O)O. The minimum atomic E-state index is -0.833. The second kappa shape index (κ2) is 7.67. The molecule has 0 atom stereocenters. The molecule has 0 amide bonds. The number of aliphatic carboxylic acids is 1. The monoisotopic (exact) mass is 306 g/mol. The van der Waals surface area contributed by atoms with E-state index < -0.39 is 5.97 Å². The normalized spacial score (nSPS) is 9.22. The second-order valence-electron chi connectivity index (χ2n) is 3.72. The van der Waals surface area contributed by atoms with Crippen molar-refractivity contribution in [3.63, 3.8) is 0 Å². The van der Waals surface area contributed by atoms with Crippen molar-refractivity contribution >= 4 is 21.9 Å². The molecule has 0 aromatic heterocycles. The number of benzene rings is 2. The maximum Gasteiger partial charge on any atom is 0.300 e. The minimum Gasteiger partial charge on any atom is -0.481 e. The molecule has 0 unspecified atom stereocenters. The minimum absolute atomic E-state index is 0.833. The van der Waals surface area contributed by atoms with Crippen LogP contribution in [0.4, 0.5) is 0 Å². The first-order valence-electron chi connectivity index (χ1n) is 5.53. The highest BCUT2D eigenvalue weighted by Crippen LogP contribution is 2.19. The van der Waals surface area contributed by atoms with Crippen molar-refractivity contribution < 1.29 is 9.90 Å². The molecule has 3 heteroatoms. The zero-order chi connectivity index (χ0) is 13.4. The number of carbonyl (C=O) groups is 1. The summed E-state index contributed by atoms with van der Waals surface area (Å²) in [5.74, 6) is -0.833. The summed E-state index contributed by atoms with van der Waals surface area (Å²) in [6.45, 7) is 1.08. The largest absolute Gasteiger partial charge is 0.481 e. The van der Waals surface area contributed by atoms with Gasteiger partial charge in [-0.2, -0.15) is 0 Å². The summed E-state index contributed by atoms with van der Waals surface area (Å²) < 4.78 is 0. The molecule has 0 spiro atoms. The van der Waals surface area contributed by atoms with Gasteiger partial charge in [-0.25, -0.2) is 0 Å². The van der Waals surface area contributed by atoms with Crippen LogP contribution < -0.4 is 0 Å². The topological polar surface area (TPSA) is 37.3 Å². The van der Waals surface area contributed by atoms with Gasteiger partial charge in [-0.05, 0) is 16.7 Å². The molecule has 0 aliphatic rings. The summed E-state index contributed by atoms with van der Waals surface area (Å²) >= 11 is 3.44. The summed E-state index contributed by atoms with van der Waals surface area (Å²) in [5.41, 5.74) is 3.86. The molecule has 2 nitrogen and oxygen atoms in total. The highest BCUT2D eigenvalue weighted by atomic mass is 79.9. The van der Waals surface area contributed by atoms with Gasteiger partial charge in [0.05, 0.1) is 0 Å². The van der Waals surface area contributed by atoms with Crippen molar-refractivity contribution in [1.29, 1.82) is 0 Å². The third-order valence-corrected chi connectivity index (χ3v) is 2.86. The number of alkyl halides is 1. The standard InChI is InChI=1S/C13H11Br.C2H4O2/c14-10-11-6-8-13(9-7-11)12-4-2-1-3-5-12;1-2(3)4/h1-9H,10H2;1H3,(H,3,4). The Morgan fingerprint density at radius 3 is 1.89 bits per heavy atom. The maximum atomic E-state index is 9.00. The number of carboxylic acids is 1. The van der Waals surface area contributed by atoms with Crippen molar-refractivity contribution in [3.05, 3.63) is 60.2 Å². The molecule has 0 aliphatic heterocycles.